The molecular weight excluding hydrogens is 1590 g/mol. The molecule has 6 bridgehead atoms. The van der Waals surface area contributed by atoms with Gasteiger partial charge >= 0.3 is 15.6 Å². The SMILES string of the molecule is CON(C)C(=O)C1CC=CC1.COc1cccc(O)c1C(=O)C1CC=CC1.COc1cccc(OC)c1.COc1cccc(OC)c1C(=O)C1CC=CC1.COc1cccc(OS(=O)(=O)C(F)(F)F)c1C(=O)C1CC=CC1.COc1cccc2c1C(=O)C1C=CC2C1.COc1cccc2c1CC1C=CC2C1.COc1cccc2c1CC1CC2C(O)=C1O. The number of aliphatic hydroxyl groups is 2. The van der Waals surface area contributed by atoms with E-state index >= 15 is 0 Å². The third kappa shape index (κ3) is 21.8. The molecule has 26 heteroatoms. The van der Waals surface area contributed by atoms with Crippen molar-refractivity contribution in [3.63, 3.8) is 0 Å². The number of rotatable bonds is 19. The van der Waals surface area contributed by atoms with Crippen LogP contribution in [0.2, 0.25) is 0 Å². The zero-order valence-corrected chi connectivity index (χ0v) is 71.1. The van der Waals surface area contributed by atoms with E-state index in [1.165, 1.54) is 62.1 Å². The molecule has 0 heterocycles. The normalized spacial score (nSPS) is 19.3. The molecule has 0 aliphatic heterocycles. The predicted molar refractivity (Wildman–Crippen MR) is 456 cm³/mol. The van der Waals surface area contributed by atoms with E-state index in [0.717, 1.165) is 127 Å². The van der Waals surface area contributed by atoms with Crippen molar-refractivity contribution in [3.8, 4) is 63.2 Å². The van der Waals surface area contributed by atoms with Crippen LogP contribution in [0.4, 0.5) is 13.2 Å². The third-order valence-corrected chi connectivity index (χ3v) is 23.9. The molecule has 3 N–H and O–H groups in total. The predicted octanol–water partition coefficient (Wildman–Crippen LogP) is 19.3. The molecule has 0 fully saturated rings. The van der Waals surface area contributed by atoms with Gasteiger partial charge in [-0.15, -0.1) is 0 Å². The number of halogens is 3. The van der Waals surface area contributed by atoms with Gasteiger partial charge in [-0.2, -0.15) is 21.6 Å². The molecule has 10 aliphatic carbocycles. The molecule has 6 atom stereocenters. The Balaban J connectivity index is 0.000000148. The van der Waals surface area contributed by atoms with Gasteiger partial charge < -0.3 is 62.1 Å². The second-order valence-electron chi connectivity index (χ2n) is 30.1. The average Bonchev–Trinajstić information content (AvgIpc) is 1.56. The van der Waals surface area contributed by atoms with Crippen LogP contribution in [0.15, 0.2) is 218 Å². The monoisotopic (exact) mass is 1700 g/mol. The molecule has 7 aromatic carbocycles. The van der Waals surface area contributed by atoms with E-state index in [9.17, 15) is 60.9 Å². The molecule has 7 aromatic rings. The number of hydroxylamine groups is 2. The van der Waals surface area contributed by atoms with Gasteiger partial charge in [-0.3, -0.25) is 28.8 Å². The van der Waals surface area contributed by atoms with Crippen LogP contribution in [0.25, 0.3) is 0 Å². The number of Topliss-reactive ketones (excluding diaryl/α,β-unsaturated/α-hetero) is 4. The second-order valence-corrected chi connectivity index (χ2v) is 31.6. The Kier molecular flexibility index (Phi) is 32.5. The van der Waals surface area contributed by atoms with Crippen LogP contribution in [0.5, 0.6) is 63.2 Å². The summed E-state index contributed by atoms with van der Waals surface area (Å²) < 4.78 is 111. The number of phenolic OH excluding ortho intramolecular Hbond substituents is 1. The van der Waals surface area contributed by atoms with Crippen molar-refractivity contribution < 1.29 is 113 Å². The Bertz CT molecular complexity index is 5140. The average molecular weight is 1700 g/mol. The number of amides is 1. The first-order chi connectivity index (χ1) is 58.7. The molecular formula is C96H106F3NO21S. The lowest BCUT2D eigenvalue weighted by atomic mass is 9.81. The summed E-state index contributed by atoms with van der Waals surface area (Å²) in [6.45, 7) is 0. The van der Waals surface area contributed by atoms with Gasteiger partial charge in [0.2, 0.25) is 5.91 Å². The van der Waals surface area contributed by atoms with Gasteiger partial charge in [0.15, 0.2) is 28.9 Å². The largest absolute Gasteiger partial charge is 0.534 e. The minimum absolute atomic E-state index is 0.00347. The topological polar surface area (TPSA) is 285 Å². The van der Waals surface area contributed by atoms with E-state index in [4.69, 9.17) is 47.5 Å². The third-order valence-electron chi connectivity index (χ3n) is 22.9. The van der Waals surface area contributed by atoms with E-state index in [1.807, 2.05) is 109 Å². The Hall–Kier alpha value is -12.0. The van der Waals surface area contributed by atoms with Crippen LogP contribution in [0.1, 0.15) is 158 Å². The molecule has 648 valence electrons. The van der Waals surface area contributed by atoms with Gasteiger partial charge in [0.05, 0.1) is 76.7 Å². The highest BCUT2D eigenvalue weighted by Crippen LogP contribution is 2.51. The van der Waals surface area contributed by atoms with Crippen LogP contribution in [-0.2, 0) is 32.6 Å². The quantitative estimate of drug-likeness (QED) is 0.0223. The summed E-state index contributed by atoms with van der Waals surface area (Å²) in [5.41, 5.74) is 2.03. The van der Waals surface area contributed by atoms with Crippen LogP contribution in [-0.4, -0.2) is 141 Å². The first kappa shape index (κ1) is 92.3. The fraction of sp³-hybridized carbons (Fsp3) is 0.365. The van der Waals surface area contributed by atoms with Crippen LogP contribution in [0, 0.1) is 41.4 Å². The summed E-state index contributed by atoms with van der Waals surface area (Å²) in [6.07, 6.45) is 35.2. The molecule has 0 radical (unpaired) electrons. The maximum absolute atomic E-state index is 12.5. The molecule has 0 saturated carbocycles. The van der Waals surface area contributed by atoms with E-state index < -0.39 is 33.1 Å². The number of hydrogen-bond donors (Lipinski definition) is 3. The fourth-order valence-corrected chi connectivity index (χ4v) is 16.9. The summed E-state index contributed by atoms with van der Waals surface area (Å²) >= 11 is 0. The summed E-state index contributed by atoms with van der Waals surface area (Å²) in [7, 11) is 11.4. The molecule has 122 heavy (non-hydrogen) atoms. The molecule has 0 aromatic heterocycles. The molecule has 10 aliphatic rings. The molecule has 6 unspecified atom stereocenters. The Morgan fingerprint density at radius 2 is 0.795 bits per heavy atom. The first-order valence-corrected chi connectivity index (χ1v) is 41.6. The molecule has 0 spiro atoms. The van der Waals surface area contributed by atoms with Crippen LogP contribution in [0.3, 0.4) is 0 Å². The molecule has 1 amide bonds. The maximum atomic E-state index is 12.5. The van der Waals surface area contributed by atoms with E-state index in [-0.39, 0.29) is 87.3 Å². The number of carbonyl (C=O) groups is 5. The lowest BCUT2D eigenvalue weighted by Crippen LogP contribution is -2.30. The van der Waals surface area contributed by atoms with Gasteiger partial charge in [-0.1, -0.05) is 134 Å². The van der Waals surface area contributed by atoms with Crippen LogP contribution >= 0.6 is 0 Å². The smallest absolute Gasteiger partial charge is 0.508 e. The Morgan fingerprint density at radius 3 is 1.28 bits per heavy atom. The number of benzene rings is 7. The highest BCUT2D eigenvalue weighted by Gasteiger charge is 2.50. The first-order valence-electron chi connectivity index (χ1n) is 40.2. The number of methoxy groups -OCH3 is 9. The highest BCUT2D eigenvalue weighted by molar-refractivity contribution is 7.88. The number of nitrogens with zero attached hydrogens (tertiary/aromatic N) is 1. The second kappa shape index (κ2) is 43.0. The number of ether oxygens (including phenoxy) is 9. The van der Waals surface area contributed by atoms with Crippen molar-refractivity contribution in [1.29, 1.82) is 0 Å². The van der Waals surface area contributed by atoms with E-state index in [0.29, 0.717) is 53.1 Å². The summed E-state index contributed by atoms with van der Waals surface area (Å²) in [4.78, 5) is 65.3. The van der Waals surface area contributed by atoms with Gasteiger partial charge in [-0.05, 0) is 184 Å². The van der Waals surface area contributed by atoms with Crippen molar-refractivity contribution in [2.75, 3.05) is 78.1 Å². The summed E-state index contributed by atoms with van der Waals surface area (Å²) in [5.74, 6) is 6.81. The number of carbonyl (C=O) groups excluding carboxylic acids is 5. The van der Waals surface area contributed by atoms with Crippen molar-refractivity contribution in [1.82, 2.24) is 5.06 Å². The number of alkyl halides is 3. The number of hydrogen-bond acceptors (Lipinski definition) is 21. The zero-order chi connectivity index (χ0) is 88.0. The number of fused-ring (bicyclic) bond motifs is 12. The minimum Gasteiger partial charge on any atom is -0.508 e. The van der Waals surface area contributed by atoms with Gasteiger partial charge in [0.25, 0.3) is 0 Å². The summed E-state index contributed by atoms with van der Waals surface area (Å²) in [6, 6.07) is 39.5. The van der Waals surface area contributed by atoms with E-state index in [2.05, 4.69) is 40.6 Å². The number of phenols is 1. The molecule has 0 saturated heterocycles. The van der Waals surface area contributed by atoms with Crippen molar-refractivity contribution >= 4 is 39.2 Å². The van der Waals surface area contributed by atoms with Crippen molar-refractivity contribution in [2.24, 2.45) is 41.4 Å². The van der Waals surface area contributed by atoms with Crippen molar-refractivity contribution in [2.45, 2.75) is 107 Å². The number of aliphatic hydroxyl groups excluding tert-OH is 2. The van der Waals surface area contributed by atoms with Gasteiger partial charge in [0.1, 0.15) is 85.7 Å². The Labute approximate surface area is 710 Å². The number of ketones is 4. The maximum Gasteiger partial charge on any atom is 0.534 e. The standard InChI is InChI=1S/C14H13F3O5S.C14H16O3.2C13H14O3.C13H12O2.C13H14O.C8H13NO2.C8H10O2/c1-21-10-7-4-8-11(22-23(19,20)14(15,16)17)12(10)13(18)9-5-2-3-6-9;1-16-11-8-5-9-12(17-2)13(11)14(15)10-6-3-4-7-10;1-16-11-4-2-3-8-9(11)5-7-6-10(8)13(15)12(7)14;1-16-11-8-4-7-10(14)12(11)13(15)9-5-2-3-6-9;1-15-11-4-2-3-10-8-5-6-9(7-8)13(14)12(10)11;1-14-13-4-2-3-11-10-6-5-9(7-10)8-12(11)13;1-9(11-2)8(10)7-5-3-4-6-7;1-9-7-4-3-5-8(6-7)10-2/h2-4,7-9H,5-6H2,1H3;3-5,8-10H,6-7H2,1-2H3;2-4,7,10,14-15H,5-6H2,1H3;2-4,7-9,14H,5-6H2,1H3;2-6,8-9H,7H2,1H3;2-6,9-10H,7-8H2,1H3;3-4,7H,5-6H2,1-2H3;3-6H,1-2H3. The number of allylic oxidation sites excluding steroid dienone is 14. The Morgan fingerprint density at radius 1 is 0.410 bits per heavy atom. The fourth-order valence-electron chi connectivity index (χ4n) is 16.5. The lowest BCUT2D eigenvalue weighted by Gasteiger charge is -2.24. The van der Waals surface area contributed by atoms with Gasteiger partial charge in [0, 0.05) is 66.4 Å². The number of aromatic hydroxyl groups is 1. The molecule has 22 nitrogen and oxygen atoms in total. The summed E-state index contributed by atoms with van der Waals surface area (Å²) in [5, 5.41) is 30.7. The highest BCUT2D eigenvalue weighted by atomic mass is 32.2. The lowest BCUT2D eigenvalue weighted by molar-refractivity contribution is -0.173. The van der Waals surface area contributed by atoms with E-state index in [1.54, 1.807) is 93.2 Å². The van der Waals surface area contributed by atoms with Crippen LogP contribution < -0.4 is 46.8 Å². The zero-order valence-electron chi connectivity index (χ0n) is 70.3. The van der Waals surface area contributed by atoms with Gasteiger partial charge in [-0.25, -0.2) is 5.06 Å². The van der Waals surface area contributed by atoms with Crippen molar-refractivity contribution in [3.05, 3.63) is 268 Å². The molecule has 17 rings (SSSR count). The minimum atomic E-state index is -5.88.